The highest BCUT2D eigenvalue weighted by molar-refractivity contribution is 6.74. The number of amides is 1. The van der Waals surface area contributed by atoms with Gasteiger partial charge in [0.25, 0.3) is 0 Å². The maximum atomic E-state index is 13.0. The summed E-state index contributed by atoms with van der Waals surface area (Å²) in [5.74, 6) is 1.18. The molecule has 0 saturated heterocycles. The van der Waals surface area contributed by atoms with Crippen molar-refractivity contribution in [3.05, 3.63) is 30.0 Å². The maximum Gasteiger partial charge on any atom is 0.337 e. The number of fused-ring (bicyclic) bond motifs is 1. The number of hydrogen-bond acceptors (Lipinski definition) is 9. The van der Waals surface area contributed by atoms with E-state index in [-0.39, 0.29) is 23.0 Å². The Labute approximate surface area is 238 Å². The predicted octanol–water partition coefficient (Wildman–Crippen LogP) is 5.52. The Bertz CT molecular complexity index is 1240. The largest absolute Gasteiger partial charge is 0.489 e. The molecule has 2 aliphatic rings. The molecule has 2 aromatic rings. The van der Waals surface area contributed by atoms with Gasteiger partial charge >= 0.3 is 5.97 Å². The Hall–Kier alpha value is -3.18. The summed E-state index contributed by atoms with van der Waals surface area (Å²) in [5.41, 5.74) is 1.68. The van der Waals surface area contributed by atoms with Gasteiger partial charge in [0, 0.05) is 13.1 Å². The summed E-state index contributed by atoms with van der Waals surface area (Å²) in [6.07, 6.45) is 6.06. The van der Waals surface area contributed by atoms with E-state index in [4.69, 9.17) is 18.9 Å². The van der Waals surface area contributed by atoms with Crippen LogP contribution in [0.5, 0.6) is 5.75 Å². The average molecular weight is 570 g/mol. The van der Waals surface area contributed by atoms with Gasteiger partial charge < -0.3 is 29.0 Å². The minimum atomic E-state index is -1.92. The number of carbonyl (C=O) groups is 2. The third kappa shape index (κ3) is 6.10. The molecule has 1 atom stereocenters. The second-order valence-electron chi connectivity index (χ2n) is 12.1. The van der Waals surface area contributed by atoms with Gasteiger partial charge in [-0.2, -0.15) is 4.98 Å². The Balaban J connectivity index is 1.59. The Morgan fingerprint density at radius 1 is 1.18 bits per heavy atom. The number of hydrogen-bond donors (Lipinski definition) is 1. The van der Waals surface area contributed by atoms with Crippen molar-refractivity contribution >= 4 is 43.3 Å². The SMILES string of the molecule is COC(=O)c1ccc(Nc2ncc3c(n2)N(C2CCCC2)[C@H](C)C(=O)N3C)c(OCCO[Si](C)(C)C(C)(C)C)c1. The van der Waals surface area contributed by atoms with E-state index in [0.29, 0.717) is 41.8 Å². The van der Waals surface area contributed by atoms with Gasteiger partial charge in [-0.3, -0.25) is 4.79 Å². The van der Waals surface area contributed by atoms with Crippen molar-refractivity contribution in [1.29, 1.82) is 0 Å². The molecule has 1 aliphatic carbocycles. The van der Waals surface area contributed by atoms with Gasteiger partial charge in [-0.25, -0.2) is 9.78 Å². The van der Waals surface area contributed by atoms with Crippen molar-refractivity contribution in [1.82, 2.24) is 9.97 Å². The predicted molar refractivity (Wildman–Crippen MR) is 159 cm³/mol. The van der Waals surface area contributed by atoms with E-state index in [2.05, 4.69) is 49.1 Å². The molecular formula is C29H43N5O5Si. The number of esters is 1. The molecule has 10 nitrogen and oxygen atoms in total. The summed E-state index contributed by atoms with van der Waals surface area (Å²) in [6, 6.07) is 5.05. The Morgan fingerprint density at radius 2 is 1.88 bits per heavy atom. The zero-order chi connectivity index (χ0) is 29.2. The first-order chi connectivity index (χ1) is 18.8. The lowest BCUT2D eigenvalue weighted by molar-refractivity contribution is -0.119. The number of nitrogens with zero attached hydrogens (tertiary/aromatic N) is 4. The molecule has 11 heteroatoms. The molecule has 218 valence electrons. The van der Waals surface area contributed by atoms with Crippen molar-refractivity contribution in [3.63, 3.8) is 0 Å². The number of anilines is 4. The second-order valence-corrected chi connectivity index (χ2v) is 16.9. The number of ether oxygens (including phenoxy) is 2. The lowest BCUT2D eigenvalue weighted by atomic mass is 10.1. The molecule has 2 heterocycles. The summed E-state index contributed by atoms with van der Waals surface area (Å²) < 4.78 is 17.3. The molecule has 40 heavy (non-hydrogen) atoms. The molecule has 1 N–H and O–H groups in total. The number of aromatic nitrogens is 2. The van der Waals surface area contributed by atoms with Crippen LogP contribution >= 0.6 is 0 Å². The third-order valence-electron chi connectivity index (χ3n) is 8.44. The van der Waals surface area contributed by atoms with Crippen LogP contribution in [0, 0.1) is 0 Å². The molecule has 1 fully saturated rings. The first kappa shape index (κ1) is 29.8. The van der Waals surface area contributed by atoms with Crippen molar-refractivity contribution in [2.45, 2.75) is 83.6 Å². The number of likely N-dealkylation sites (N-methyl/N-ethyl adjacent to an activating group) is 1. The van der Waals surface area contributed by atoms with E-state index >= 15 is 0 Å². The highest BCUT2D eigenvalue weighted by Gasteiger charge is 2.40. The number of benzene rings is 1. The number of carbonyl (C=O) groups excluding carboxylic acids is 2. The number of rotatable bonds is 9. The summed E-state index contributed by atoms with van der Waals surface area (Å²) in [4.78, 5) is 38.4. The van der Waals surface area contributed by atoms with Crippen LogP contribution in [0.15, 0.2) is 24.4 Å². The quantitative estimate of drug-likeness (QED) is 0.237. The molecule has 1 amide bonds. The van der Waals surface area contributed by atoms with Crippen molar-refractivity contribution < 1.29 is 23.5 Å². The van der Waals surface area contributed by atoms with Crippen LogP contribution in [-0.4, -0.2) is 69.6 Å². The van der Waals surface area contributed by atoms with Gasteiger partial charge in [0.05, 0.1) is 31.2 Å². The fraction of sp³-hybridized carbons (Fsp3) is 0.586. The second kappa shape index (κ2) is 11.7. The summed E-state index contributed by atoms with van der Waals surface area (Å²) in [6.45, 7) is 13.7. The zero-order valence-corrected chi connectivity index (χ0v) is 26.0. The van der Waals surface area contributed by atoms with Gasteiger partial charge in [0.15, 0.2) is 14.1 Å². The van der Waals surface area contributed by atoms with Gasteiger partial charge in [-0.15, -0.1) is 0 Å². The van der Waals surface area contributed by atoms with Gasteiger partial charge in [0.2, 0.25) is 11.9 Å². The van der Waals surface area contributed by atoms with Crippen LogP contribution in [0.3, 0.4) is 0 Å². The van der Waals surface area contributed by atoms with E-state index < -0.39 is 14.3 Å². The summed E-state index contributed by atoms with van der Waals surface area (Å²) in [7, 11) is 1.19. The maximum absolute atomic E-state index is 13.0. The molecular weight excluding hydrogens is 526 g/mol. The number of nitrogens with one attached hydrogen (secondary N) is 1. The molecule has 1 aliphatic heterocycles. The number of methoxy groups -OCH3 is 1. The van der Waals surface area contributed by atoms with Crippen LogP contribution < -0.4 is 19.9 Å². The van der Waals surface area contributed by atoms with E-state index in [9.17, 15) is 9.59 Å². The molecule has 0 unspecified atom stereocenters. The minimum absolute atomic E-state index is 0.0395. The van der Waals surface area contributed by atoms with Crippen LogP contribution in [0.1, 0.15) is 63.7 Å². The van der Waals surface area contributed by atoms with Crippen LogP contribution in [0.4, 0.5) is 23.1 Å². The molecule has 1 aromatic heterocycles. The van der Waals surface area contributed by atoms with Crippen molar-refractivity contribution in [2.24, 2.45) is 0 Å². The zero-order valence-electron chi connectivity index (χ0n) is 25.0. The van der Waals surface area contributed by atoms with Crippen LogP contribution in [0.2, 0.25) is 18.1 Å². The minimum Gasteiger partial charge on any atom is -0.489 e. The average Bonchev–Trinajstić information content (AvgIpc) is 3.44. The fourth-order valence-corrected chi connectivity index (χ4v) is 6.03. The van der Waals surface area contributed by atoms with E-state index in [1.807, 2.05) is 6.92 Å². The van der Waals surface area contributed by atoms with Crippen molar-refractivity contribution in [2.75, 3.05) is 42.5 Å². The first-order valence-electron chi connectivity index (χ1n) is 14.0. The molecule has 4 rings (SSSR count). The van der Waals surface area contributed by atoms with Gasteiger partial charge in [-0.05, 0) is 56.1 Å². The summed E-state index contributed by atoms with van der Waals surface area (Å²) >= 11 is 0. The van der Waals surface area contributed by atoms with Crippen LogP contribution in [0.25, 0.3) is 0 Å². The molecule has 0 radical (unpaired) electrons. The van der Waals surface area contributed by atoms with E-state index in [1.54, 1.807) is 36.3 Å². The normalized spacial score (nSPS) is 18.1. The fourth-order valence-electron chi connectivity index (χ4n) is 5.00. The Morgan fingerprint density at radius 3 is 2.52 bits per heavy atom. The van der Waals surface area contributed by atoms with Gasteiger partial charge in [0.1, 0.15) is 24.1 Å². The summed E-state index contributed by atoms with van der Waals surface area (Å²) in [5, 5.41) is 3.37. The lowest BCUT2D eigenvalue weighted by Gasteiger charge is -2.42. The highest BCUT2D eigenvalue weighted by Crippen LogP contribution is 2.40. The first-order valence-corrected chi connectivity index (χ1v) is 16.9. The smallest absolute Gasteiger partial charge is 0.337 e. The molecule has 1 aromatic carbocycles. The van der Waals surface area contributed by atoms with Crippen molar-refractivity contribution in [3.8, 4) is 5.75 Å². The molecule has 1 saturated carbocycles. The van der Waals surface area contributed by atoms with E-state index in [1.165, 1.54) is 7.11 Å². The van der Waals surface area contributed by atoms with E-state index in [0.717, 1.165) is 31.5 Å². The van der Waals surface area contributed by atoms with Gasteiger partial charge in [-0.1, -0.05) is 33.6 Å². The standard InChI is InChI=1S/C29H43N5O5Si/c1-19-26(35)33(5)23-18-30-28(32-25(23)34(19)21-11-9-10-12-21)31-22-14-13-20(27(36)37-6)17-24(22)38-15-16-39-40(7,8)29(2,3)4/h13-14,17-19,21H,9-12,15-16H2,1-8H3,(H,30,31,32)/t19-/m1/s1. The third-order valence-corrected chi connectivity index (χ3v) is 13.0. The molecule has 0 bridgehead atoms. The topological polar surface area (TPSA) is 106 Å². The Kier molecular flexibility index (Phi) is 8.74. The molecule has 0 spiro atoms. The highest BCUT2D eigenvalue weighted by atomic mass is 28.4. The lowest BCUT2D eigenvalue weighted by Crippen LogP contribution is -2.54. The monoisotopic (exact) mass is 569 g/mol. The van der Waals surface area contributed by atoms with Crippen LogP contribution in [-0.2, 0) is 14.0 Å².